The van der Waals surface area contributed by atoms with E-state index in [0.717, 1.165) is 11.3 Å². The fraction of sp³-hybridized carbons (Fsp3) is 0.429. The van der Waals surface area contributed by atoms with Gasteiger partial charge in [-0.1, -0.05) is 12.1 Å². The molecule has 0 aliphatic carbocycles. The molecule has 0 atom stereocenters. The summed E-state index contributed by atoms with van der Waals surface area (Å²) in [5.41, 5.74) is 1.80. The minimum Gasteiger partial charge on any atom is -0.491 e. The van der Waals surface area contributed by atoms with Gasteiger partial charge in [0.15, 0.2) is 0 Å². The normalized spacial score (nSPS) is 11.1. The quantitative estimate of drug-likeness (QED) is 0.519. The van der Waals surface area contributed by atoms with Crippen molar-refractivity contribution >= 4 is 17.7 Å². The molecule has 2 aromatic heterocycles. The van der Waals surface area contributed by atoms with Gasteiger partial charge in [0.1, 0.15) is 5.75 Å². The number of rotatable bonds is 9. The van der Waals surface area contributed by atoms with E-state index in [0.29, 0.717) is 30.4 Å². The van der Waals surface area contributed by atoms with Crippen molar-refractivity contribution in [3.05, 3.63) is 51.4 Å². The Balaban J connectivity index is 1.71. The summed E-state index contributed by atoms with van der Waals surface area (Å²) in [6.45, 7) is 8.29. The van der Waals surface area contributed by atoms with Crippen molar-refractivity contribution in [3.8, 4) is 5.75 Å². The lowest BCUT2D eigenvalue weighted by Crippen LogP contribution is -2.23. The molecule has 30 heavy (non-hydrogen) atoms. The van der Waals surface area contributed by atoms with Crippen LogP contribution in [0.4, 0.5) is 5.95 Å². The topological polar surface area (TPSA) is 111 Å². The summed E-state index contributed by atoms with van der Waals surface area (Å²) in [4.78, 5) is 33.1. The zero-order valence-corrected chi connectivity index (χ0v) is 17.7. The first kappa shape index (κ1) is 21.4. The molecule has 0 radical (unpaired) electrons. The Morgan fingerprint density at radius 3 is 2.63 bits per heavy atom. The summed E-state index contributed by atoms with van der Waals surface area (Å²) in [5, 5.41) is 6.09. The van der Waals surface area contributed by atoms with Crippen LogP contribution in [-0.4, -0.2) is 38.3 Å². The molecule has 9 heteroatoms. The molecule has 0 amide bonds. The average molecular weight is 413 g/mol. The van der Waals surface area contributed by atoms with Gasteiger partial charge in [0.25, 0.3) is 11.3 Å². The van der Waals surface area contributed by atoms with E-state index in [1.807, 2.05) is 38.1 Å². The van der Waals surface area contributed by atoms with E-state index in [2.05, 4.69) is 20.4 Å². The number of benzene rings is 1. The van der Waals surface area contributed by atoms with Crippen LogP contribution in [-0.2, 0) is 22.5 Å². The van der Waals surface area contributed by atoms with Crippen LogP contribution in [0.3, 0.4) is 0 Å². The number of nitrogens with zero attached hydrogens (tertiary/aromatic N) is 3. The van der Waals surface area contributed by atoms with Gasteiger partial charge in [-0.15, -0.1) is 0 Å². The van der Waals surface area contributed by atoms with Crippen molar-refractivity contribution in [3.63, 3.8) is 0 Å². The van der Waals surface area contributed by atoms with Crippen LogP contribution in [0.15, 0.2) is 29.1 Å². The number of H-pyrrole nitrogens is 1. The van der Waals surface area contributed by atoms with Crippen LogP contribution >= 0.6 is 0 Å². The molecule has 0 aliphatic rings. The largest absolute Gasteiger partial charge is 0.491 e. The maximum atomic E-state index is 12.8. The second kappa shape index (κ2) is 9.43. The maximum absolute atomic E-state index is 12.8. The lowest BCUT2D eigenvalue weighted by molar-refractivity contribution is -0.143. The lowest BCUT2D eigenvalue weighted by Gasteiger charge is -2.10. The van der Waals surface area contributed by atoms with Gasteiger partial charge in [0.2, 0.25) is 5.95 Å². The van der Waals surface area contributed by atoms with Crippen molar-refractivity contribution in [2.75, 3.05) is 11.9 Å². The van der Waals surface area contributed by atoms with Gasteiger partial charge in [-0.3, -0.25) is 14.7 Å². The summed E-state index contributed by atoms with van der Waals surface area (Å²) in [6.07, 6.45) is 0.528. The molecule has 2 N–H and O–H groups in total. The van der Waals surface area contributed by atoms with E-state index in [4.69, 9.17) is 9.47 Å². The number of anilines is 1. The summed E-state index contributed by atoms with van der Waals surface area (Å²) in [6, 6.07) is 7.77. The van der Waals surface area contributed by atoms with Crippen LogP contribution in [0, 0.1) is 6.92 Å². The highest BCUT2D eigenvalue weighted by atomic mass is 16.5. The molecule has 0 bridgehead atoms. The predicted molar refractivity (Wildman–Crippen MR) is 113 cm³/mol. The van der Waals surface area contributed by atoms with Gasteiger partial charge in [-0.05, 0) is 51.8 Å². The number of nitrogens with one attached hydrogen (secondary N) is 2. The van der Waals surface area contributed by atoms with Gasteiger partial charge in [-0.25, -0.2) is 4.98 Å². The van der Waals surface area contributed by atoms with Gasteiger partial charge in [0, 0.05) is 18.5 Å². The van der Waals surface area contributed by atoms with Gasteiger partial charge in [0.05, 0.1) is 18.4 Å². The zero-order valence-electron chi connectivity index (χ0n) is 17.7. The van der Waals surface area contributed by atoms with Crippen molar-refractivity contribution in [2.24, 2.45) is 0 Å². The number of carbonyl (C=O) groups is 1. The first-order valence-corrected chi connectivity index (χ1v) is 10.0. The number of ether oxygens (including phenoxy) is 2. The molecule has 0 fully saturated rings. The van der Waals surface area contributed by atoms with Crippen LogP contribution in [0.2, 0.25) is 0 Å². The van der Waals surface area contributed by atoms with E-state index < -0.39 is 0 Å². The lowest BCUT2D eigenvalue weighted by atomic mass is 10.1. The van der Waals surface area contributed by atoms with Crippen molar-refractivity contribution < 1.29 is 14.3 Å². The first-order valence-electron chi connectivity index (χ1n) is 10.0. The monoisotopic (exact) mass is 413 g/mol. The molecule has 3 aromatic rings. The van der Waals surface area contributed by atoms with Gasteiger partial charge in [-0.2, -0.15) is 9.50 Å². The first-order chi connectivity index (χ1) is 14.4. The fourth-order valence-electron chi connectivity index (χ4n) is 3.03. The number of hydrogen-bond donors (Lipinski definition) is 2. The Hall–Kier alpha value is -3.36. The Labute approximate surface area is 174 Å². The summed E-state index contributed by atoms with van der Waals surface area (Å²) in [7, 11) is 0. The van der Waals surface area contributed by atoms with Crippen molar-refractivity contribution in [2.45, 2.75) is 53.2 Å². The standard InChI is InChI=1S/C21H27N5O4/c1-5-29-18(27)11-10-17-14(4)23-21-24-20(25-26(21)19(17)28)22-12-15-6-8-16(9-7-15)30-13(2)3/h6-9,13H,5,10-12H2,1-4H3,(H2,22,23,24,25). The smallest absolute Gasteiger partial charge is 0.306 e. The fourth-order valence-corrected chi connectivity index (χ4v) is 3.03. The molecule has 9 nitrogen and oxygen atoms in total. The molecule has 1 aromatic carbocycles. The molecule has 2 heterocycles. The van der Waals surface area contributed by atoms with E-state index in [1.165, 1.54) is 4.52 Å². The molecule has 0 saturated heterocycles. The third-order valence-electron chi connectivity index (χ3n) is 4.43. The number of esters is 1. The second-order valence-corrected chi connectivity index (χ2v) is 7.16. The summed E-state index contributed by atoms with van der Waals surface area (Å²) >= 11 is 0. The Morgan fingerprint density at radius 1 is 1.23 bits per heavy atom. The number of hydrogen-bond acceptors (Lipinski definition) is 7. The molecule has 3 rings (SSSR count). The molecule has 0 spiro atoms. The SMILES string of the molecule is CCOC(=O)CCc1c(C)nc2nc(NCc3ccc(OC(C)C)cc3)[nH]n2c1=O. The van der Waals surface area contributed by atoms with Crippen LogP contribution < -0.4 is 15.6 Å². The second-order valence-electron chi connectivity index (χ2n) is 7.16. The number of aromatic nitrogens is 4. The summed E-state index contributed by atoms with van der Waals surface area (Å²) < 4.78 is 11.9. The minimum absolute atomic E-state index is 0.126. The molecule has 160 valence electrons. The number of aryl methyl sites for hydroxylation is 1. The third-order valence-corrected chi connectivity index (χ3v) is 4.43. The highest BCUT2D eigenvalue weighted by molar-refractivity contribution is 5.69. The highest BCUT2D eigenvalue weighted by Crippen LogP contribution is 2.15. The third kappa shape index (κ3) is 5.16. The van der Waals surface area contributed by atoms with Crippen molar-refractivity contribution in [1.82, 2.24) is 19.6 Å². The molecule has 0 aliphatic heterocycles. The summed E-state index contributed by atoms with van der Waals surface area (Å²) in [5.74, 6) is 1.20. The number of aromatic amines is 1. The van der Waals surface area contributed by atoms with Gasteiger partial charge < -0.3 is 14.8 Å². The minimum atomic E-state index is -0.335. The van der Waals surface area contributed by atoms with Crippen LogP contribution in [0.25, 0.3) is 5.78 Å². The number of carbonyl (C=O) groups excluding carboxylic acids is 1. The maximum Gasteiger partial charge on any atom is 0.306 e. The highest BCUT2D eigenvalue weighted by Gasteiger charge is 2.15. The van der Waals surface area contributed by atoms with Crippen LogP contribution in [0.1, 0.15) is 44.0 Å². The van der Waals surface area contributed by atoms with E-state index >= 15 is 0 Å². The Morgan fingerprint density at radius 2 is 1.97 bits per heavy atom. The molecular formula is C21H27N5O4. The number of fused-ring (bicyclic) bond motifs is 1. The molecular weight excluding hydrogens is 386 g/mol. The van der Waals surface area contributed by atoms with Crippen molar-refractivity contribution in [1.29, 1.82) is 0 Å². The molecule has 0 unspecified atom stereocenters. The molecule has 0 saturated carbocycles. The Kier molecular flexibility index (Phi) is 6.71. The van der Waals surface area contributed by atoms with E-state index in [1.54, 1.807) is 13.8 Å². The zero-order chi connectivity index (χ0) is 21.7. The Bertz CT molecular complexity index is 1070. The van der Waals surface area contributed by atoms with E-state index in [-0.39, 0.29) is 36.3 Å². The average Bonchev–Trinajstić information content (AvgIpc) is 3.10. The van der Waals surface area contributed by atoms with Crippen LogP contribution in [0.5, 0.6) is 5.75 Å². The van der Waals surface area contributed by atoms with Gasteiger partial charge >= 0.3 is 5.97 Å². The predicted octanol–water partition coefficient (Wildman–Crippen LogP) is 2.62. The van der Waals surface area contributed by atoms with E-state index in [9.17, 15) is 9.59 Å².